The van der Waals surface area contributed by atoms with Gasteiger partial charge in [-0.2, -0.15) is 0 Å². The number of hydrogen-bond acceptors (Lipinski definition) is 2. The number of benzene rings is 1. The van der Waals surface area contributed by atoms with Crippen LogP contribution in [0, 0.1) is 5.82 Å². The van der Waals surface area contributed by atoms with Crippen LogP contribution in [-0.4, -0.2) is 16.5 Å². The maximum Gasteiger partial charge on any atom is 0.137 e. The summed E-state index contributed by atoms with van der Waals surface area (Å²) in [4.78, 5) is 7.38. The van der Waals surface area contributed by atoms with E-state index in [0.717, 1.165) is 23.5 Å². The van der Waals surface area contributed by atoms with Crippen LogP contribution in [0.5, 0.6) is 0 Å². The molecule has 0 aliphatic rings. The van der Waals surface area contributed by atoms with Gasteiger partial charge in [0.2, 0.25) is 0 Å². The molecule has 4 heteroatoms. The van der Waals surface area contributed by atoms with Gasteiger partial charge in [0.05, 0.1) is 5.69 Å². The second-order valence-electron chi connectivity index (χ2n) is 3.29. The molecule has 0 saturated heterocycles. The summed E-state index contributed by atoms with van der Waals surface area (Å²) >= 11 is 0. The van der Waals surface area contributed by atoms with E-state index < -0.39 is 0 Å². The Morgan fingerprint density at radius 2 is 2.00 bits per heavy atom. The van der Waals surface area contributed by atoms with Gasteiger partial charge in [-0.1, -0.05) is 0 Å². The smallest absolute Gasteiger partial charge is 0.137 e. The molecule has 0 spiro atoms. The van der Waals surface area contributed by atoms with Crippen LogP contribution in [-0.2, 0) is 6.42 Å². The van der Waals surface area contributed by atoms with Gasteiger partial charge >= 0.3 is 0 Å². The first-order valence-electron chi connectivity index (χ1n) is 4.80. The highest BCUT2D eigenvalue weighted by molar-refractivity contribution is 5.54. The zero-order valence-electron chi connectivity index (χ0n) is 8.20. The van der Waals surface area contributed by atoms with Crippen molar-refractivity contribution in [3.8, 4) is 11.4 Å². The lowest BCUT2D eigenvalue weighted by Crippen LogP contribution is -2.02. The molecule has 0 aliphatic carbocycles. The highest BCUT2D eigenvalue weighted by atomic mass is 19.1. The van der Waals surface area contributed by atoms with Gasteiger partial charge in [0.25, 0.3) is 0 Å². The number of nitrogens with one attached hydrogen (secondary N) is 1. The molecule has 0 radical (unpaired) electrons. The monoisotopic (exact) mass is 205 g/mol. The highest BCUT2D eigenvalue weighted by Gasteiger charge is 2.03. The minimum absolute atomic E-state index is 0.243. The number of rotatable bonds is 3. The number of H-pyrrole nitrogens is 1. The van der Waals surface area contributed by atoms with Gasteiger partial charge in [-0.15, -0.1) is 0 Å². The minimum atomic E-state index is -0.243. The van der Waals surface area contributed by atoms with Gasteiger partial charge in [-0.25, -0.2) is 9.37 Å². The Kier molecular flexibility index (Phi) is 2.78. The molecule has 0 fully saturated rings. The molecule has 3 N–H and O–H groups in total. The van der Waals surface area contributed by atoms with Crippen LogP contribution in [0.15, 0.2) is 30.5 Å². The van der Waals surface area contributed by atoms with E-state index in [1.165, 1.54) is 12.1 Å². The molecule has 1 heterocycles. The van der Waals surface area contributed by atoms with Gasteiger partial charge in [0.1, 0.15) is 11.6 Å². The average molecular weight is 205 g/mol. The van der Waals surface area contributed by atoms with E-state index in [-0.39, 0.29) is 5.82 Å². The summed E-state index contributed by atoms with van der Waals surface area (Å²) in [5.41, 5.74) is 7.23. The molecule has 15 heavy (non-hydrogen) atoms. The number of hydrogen-bond donors (Lipinski definition) is 2. The van der Waals surface area contributed by atoms with Crippen molar-refractivity contribution >= 4 is 0 Å². The van der Waals surface area contributed by atoms with E-state index in [4.69, 9.17) is 5.73 Å². The molecule has 0 unspecified atom stereocenters. The SMILES string of the molecule is NCCc1c[nH]c(-c2ccc(F)cc2)n1. The quantitative estimate of drug-likeness (QED) is 0.801. The summed E-state index contributed by atoms with van der Waals surface area (Å²) in [7, 11) is 0. The number of nitrogens with zero attached hydrogens (tertiary/aromatic N) is 1. The Morgan fingerprint density at radius 1 is 1.27 bits per heavy atom. The normalized spacial score (nSPS) is 10.5. The van der Waals surface area contributed by atoms with Crippen LogP contribution in [0.4, 0.5) is 4.39 Å². The van der Waals surface area contributed by atoms with Crippen molar-refractivity contribution in [2.24, 2.45) is 5.73 Å². The summed E-state index contributed by atoms with van der Waals surface area (Å²) in [6.45, 7) is 0.577. The molecule has 78 valence electrons. The zero-order chi connectivity index (χ0) is 10.7. The Morgan fingerprint density at radius 3 is 2.67 bits per heavy atom. The van der Waals surface area contributed by atoms with Crippen molar-refractivity contribution < 1.29 is 4.39 Å². The summed E-state index contributed by atoms with van der Waals surface area (Å²) in [6, 6.07) is 6.22. The number of aromatic amines is 1. The molecule has 3 nitrogen and oxygen atoms in total. The Balaban J connectivity index is 2.25. The molecule has 0 atom stereocenters. The van der Waals surface area contributed by atoms with Crippen LogP contribution < -0.4 is 5.73 Å². The fraction of sp³-hybridized carbons (Fsp3) is 0.182. The third kappa shape index (κ3) is 2.22. The van der Waals surface area contributed by atoms with Gasteiger partial charge in [0.15, 0.2) is 0 Å². The number of imidazole rings is 1. The Labute approximate surface area is 87.2 Å². The largest absolute Gasteiger partial charge is 0.344 e. The van der Waals surface area contributed by atoms with Gasteiger partial charge in [-0.05, 0) is 30.8 Å². The molecule has 2 aromatic rings. The topological polar surface area (TPSA) is 54.7 Å². The van der Waals surface area contributed by atoms with E-state index >= 15 is 0 Å². The predicted molar refractivity (Wildman–Crippen MR) is 56.7 cm³/mol. The third-order valence-electron chi connectivity index (χ3n) is 2.15. The second kappa shape index (κ2) is 4.23. The maximum atomic E-state index is 12.7. The molecule has 0 bridgehead atoms. The summed E-state index contributed by atoms with van der Waals surface area (Å²) in [5.74, 6) is 0.505. The molecule has 1 aromatic heterocycles. The fourth-order valence-corrected chi connectivity index (χ4v) is 1.39. The first-order valence-corrected chi connectivity index (χ1v) is 4.80. The molecule has 0 amide bonds. The maximum absolute atomic E-state index is 12.7. The lowest BCUT2D eigenvalue weighted by molar-refractivity contribution is 0.628. The molecular weight excluding hydrogens is 193 g/mol. The number of nitrogens with two attached hydrogens (primary N) is 1. The first kappa shape index (κ1) is 9.86. The van der Waals surface area contributed by atoms with Crippen molar-refractivity contribution in [3.05, 3.63) is 42.0 Å². The minimum Gasteiger partial charge on any atom is -0.344 e. The van der Waals surface area contributed by atoms with Crippen LogP contribution in [0.1, 0.15) is 5.69 Å². The molecule has 0 saturated carbocycles. The lowest BCUT2D eigenvalue weighted by atomic mass is 10.2. The lowest BCUT2D eigenvalue weighted by Gasteiger charge is -1.95. The van der Waals surface area contributed by atoms with Crippen molar-refractivity contribution in [1.29, 1.82) is 0 Å². The summed E-state index contributed by atoms with van der Waals surface area (Å²) in [6.07, 6.45) is 2.57. The van der Waals surface area contributed by atoms with E-state index in [1.807, 2.05) is 6.20 Å². The number of aromatic nitrogens is 2. The van der Waals surface area contributed by atoms with Crippen molar-refractivity contribution in [2.45, 2.75) is 6.42 Å². The third-order valence-corrected chi connectivity index (χ3v) is 2.15. The van der Waals surface area contributed by atoms with E-state index in [1.54, 1.807) is 12.1 Å². The molecule has 2 rings (SSSR count). The van der Waals surface area contributed by atoms with E-state index in [0.29, 0.717) is 6.54 Å². The molecular formula is C11H12FN3. The van der Waals surface area contributed by atoms with Crippen molar-refractivity contribution in [1.82, 2.24) is 9.97 Å². The number of halogens is 1. The highest BCUT2D eigenvalue weighted by Crippen LogP contribution is 2.15. The predicted octanol–water partition coefficient (Wildman–Crippen LogP) is 1.72. The van der Waals surface area contributed by atoms with E-state index in [9.17, 15) is 4.39 Å². The first-order chi connectivity index (χ1) is 7.29. The van der Waals surface area contributed by atoms with Gasteiger partial charge in [0, 0.05) is 18.2 Å². The van der Waals surface area contributed by atoms with Crippen LogP contribution in [0.3, 0.4) is 0 Å². The average Bonchev–Trinajstić information content (AvgIpc) is 2.68. The molecule has 0 aliphatic heterocycles. The standard InChI is InChI=1S/C11H12FN3/c12-9-3-1-8(2-4-9)11-14-7-10(15-11)5-6-13/h1-4,7H,5-6,13H2,(H,14,15). The Bertz CT molecular complexity index is 433. The fourth-order valence-electron chi connectivity index (χ4n) is 1.39. The van der Waals surface area contributed by atoms with Gasteiger partial charge in [-0.3, -0.25) is 0 Å². The van der Waals surface area contributed by atoms with Crippen LogP contribution in [0.2, 0.25) is 0 Å². The van der Waals surface area contributed by atoms with E-state index in [2.05, 4.69) is 9.97 Å². The van der Waals surface area contributed by atoms with Crippen LogP contribution >= 0.6 is 0 Å². The van der Waals surface area contributed by atoms with Crippen molar-refractivity contribution in [3.63, 3.8) is 0 Å². The van der Waals surface area contributed by atoms with Crippen LogP contribution in [0.25, 0.3) is 11.4 Å². The zero-order valence-corrected chi connectivity index (χ0v) is 8.20. The van der Waals surface area contributed by atoms with Crippen molar-refractivity contribution in [2.75, 3.05) is 6.54 Å². The second-order valence-corrected chi connectivity index (χ2v) is 3.29. The summed E-state index contributed by atoms with van der Waals surface area (Å²) < 4.78 is 12.7. The summed E-state index contributed by atoms with van der Waals surface area (Å²) in [5, 5.41) is 0. The van der Waals surface area contributed by atoms with Gasteiger partial charge < -0.3 is 10.7 Å². The Hall–Kier alpha value is -1.68. The molecule has 1 aromatic carbocycles.